The number of hydrogen-bond donors (Lipinski definition) is 1. The summed E-state index contributed by atoms with van der Waals surface area (Å²) in [6, 6.07) is 10.3. The second kappa shape index (κ2) is 7.91. The Kier molecular flexibility index (Phi) is 5.22. The molecule has 1 N–H and O–H groups in total. The fraction of sp³-hybridized carbons (Fsp3) is 0.478. The minimum atomic E-state index is -3.63. The molecule has 1 aliphatic carbocycles. The van der Waals surface area contributed by atoms with Gasteiger partial charge in [-0.2, -0.15) is 5.10 Å². The van der Waals surface area contributed by atoms with Gasteiger partial charge in [0, 0.05) is 36.4 Å². The lowest BCUT2D eigenvalue weighted by molar-refractivity contribution is 0.453. The molecule has 0 unspecified atom stereocenters. The zero-order valence-corrected chi connectivity index (χ0v) is 18.9. The summed E-state index contributed by atoms with van der Waals surface area (Å²) in [6.45, 7) is 5.14. The Morgan fingerprint density at radius 1 is 1.06 bits per heavy atom. The summed E-state index contributed by atoms with van der Waals surface area (Å²) in [7, 11) is -3.63. The summed E-state index contributed by atoms with van der Waals surface area (Å²) in [5.74, 6) is 0. The second-order valence-electron chi connectivity index (χ2n) is 8.78. The number of anilines is 1. The predicted molar refractivity (Wildman–Crippen MR) is 122 cm³/mol. The van der Waals surface area contributed by atoms with Crippen LogP contribution in [0.1, 0.15) is 49.5 Å². The highest BCUT2D eigenvalue weighted by atomic mass is 32.2. The van der Waals surface area contributed by atoms with Gasteiger partial charge in [0.05, 0.1) is 22.9 Å². The number of benzene rings is 1. The van der Waals surface area contributed by atoms with Crippen molar-refractivity contribution in [1.29, 1.82) is 0 Å². The summed E-state index contributed by atoms with van der Waals surface area (Å²) >= 11 is 0. The largest absolute Gasteiger partial charge is 0.369 e. The number of nitrogens with one attached hydrogen (secondary N) is 1. The number of hydrogen-bond acceptors (Lipinski definition) is 5. The molecule has 0 radical (unpaired) electrons. The molecule has 3 aromatic rings. The van der Waals surface area contributed by atoms with E-state index >= 15 is 0 Å². The van der Waals surface area contributed by atoms with E-state index in [1.165, 1.54) is 12.8 Å². The number of rotatable bonds is 5. The molecule has 1 aliphatic heterocycles. The van der Waals surface area contributed by atoms with Gasteiger partial charge in [-0.15, -0.1) is 0 Å². The molecule has 164 valence electrons. The average molecular weight is 440 g/mol. The molecule has 2 aliphatic rings. The topological polar surface area (TPSA) is 80.1 Å². The van der Waals surface area contributed by atoms with Gasteiger partial charge in [0.2, 0.25) is 10.0 Å². The molecule has 7 nitrogen and oxygen atoms in total. The maximum atomic E-state index is 13.3. The van der Waals surface area contributed by atoms with E-state index in [-0.39, 0.29) is 6.04 Å². The molecule has 1 aromatic carbocycles. The average Bonchev–Trinajstić information content (AvgIpc) is 3.48. The standard InChI is InChI=1S/C23H29N5O2S/c1-16-23(17(2)28(25-16)19-7-3-4-8-19)31(29,30)26-18-12-14-27(15-18)22-11-5-10-21-20(22)9-6-13-24-21/h5-6,9-11,13,18-19,26H,3-4,7-8,12,14-15H2,1-2H3/t18-/m0/s1. The maximum absolute atomic E-state index is 13.3. The third kappa shape index (κ3) is 3.72. The van der Waals surface area contributed by atoms with Gasteiger partial charge in [-0.3, -0.25) is 9.67 Å². The van der Waals surface area contributed by atoms with Gasteiger partial charge < -0.3 is 4.90 Å². The second-order valence-corrected chi connectivity index (χ2v) is 10.4. The Morgan fingerprint density at radius 2 is 1.87 bits per heavy atom. The molecular weight excluding hydrogens is 410 g/mol. The monoisotopic (exact) mass is 439 g/mol. The maximum Gasteiger partial charge on any atom is 0.244 e. The van der Waals surface area contributed by atoms with Gasteiger partial charge in [0.15, 0.2) is 0 Å². The minimum Gasteiger partial charge on any atom is -0.369 e. The van der Waals surface area contributed by atoms with Crippen LogP contribution in [0.4, 0.5) is 5.69 Å². The number of nitrogens with zero attached hydrogens (tertiary/aromatic N) is 4. The van der Waals surface area contributed by atoms with Crippen LogP contribution in [0.3, 0.4) is 0 Å². The quantitative estimate of drug-likeness (QED) is 0.655. The van der Waals surface area contributed by atoms with E-state index in [0.717, 1.165) is 48.1 Å². The lowest BCUT2D eigenvalue weighted by Gasteiger charge is -2.21. The van der Waals surface area contributed by atoms with Gasteiger partial charge in [0.25, 0.3) is 0 Å². The number of aromatic nitrogens is 3. The van der Waals surface area contributed by atoms with Crippen molar-refractivity contribution in [1.82, 2.24) is 19.5 Å². The molecule has 1 saturated heterocycles. The van der Waals surface area contributed by atoms with Gasteiger partial charge in [-0.1, -0.05) is 18.9 Å². The third-order valence-electron chi connectivity index (χ3n) is 6.67. The van der Waals surface area contributed by atoms with Crippen LogP contribution < -0.4 is 9.62 Å². The Bertz CT molecular complexity index is 1210. The van der Waals surface area contributed by atoms with E-state index in [9.17, 15) is 8.42 Å². The molecule has 0 amide bonds. The first kappa shape index (κ1) is 20.5. The van der Waals surface area contributed by atoms with Crippen LogP contribution >= 0.6 is 0 Å². The molecule has 2 aromatic heterocycles. The van der Waals surface area contributed by atoms with E-state index in [1.807, 2.05) is 29.8 Å². The number of sulfonamides is 1. The van der Waals surface area contributed by atoms with E-state index in [0.29, 0.717) is 23.2 Å². The van der Waals surface area contributed by atoms with E-state index in [2.05, 4.69) is 31.8 Å². The van der Waals surface area contributed by atoms with Crippen molar-refractivity contribution in [3.05, 3.63) is 47.9 Å². The lowest BCUT2D eigenvalue weighted by Crippen LogP contribution is -2.37. The first-order chi connectivity index (χ1) is 14.9. The van der Waals surface area contributed by atoms with Crippen LogP contribution in [-0.2, 0) is 10.0 Å². The highest BCUT2D eigenvalue weighted by Crippen LogP contribution is 2.33. The van der Waals surface area contributed by atoms with E-state index in [4.69, 9.17) is 0 Å². The smallest absolute Gasteiger partial charge is 0.244 e. The lowest BCUT2D eigenvalue weighted by atomic mass is 10.1. The fourth-order valence-corrected chi connectivity index (χ4v) is 6.92. The van der Waals surface area contributed by atoms with Crippen molar-refractivity contribution in [3.8, 4) is 0 Å². The van der Waals surface area contributed by atoms with Crippen molar-refractivity contribution in [2.45, 2.75) is 62.9 Å². The molecule has 31 heavy (non-hydrogen) atoms. The highest BCUT2D eigenvalue weighted by molar-refractivity contribution is 7.89. The normalized spacial score (nSPS) is 20.2. The Balaban J connectivity index is 1.36. The summed E-state index contributed by atoms with van der Waals surface area (Å²) in [5, 5.41) is 5.71. The number of fused-ring (bicyclic) bond motifs is 1. The van der Waals surface area contributed by atoms with Crippen LogP contribution in [0, 0.1) is 13.8 Å². The molecule has 0 spiro atoms. The molecule has 1 saturated carbocycles. The fourth-order valence-electron chi connectivity index (χ4n) is 5.26. The first-order valence-electron chi connectivity index (χ1n) is 11.1. The molecule has 3 heterocycles. The molecule has 8 heteroatoms. The summed E-state index contributed by atoms with van der Waals surface area (Å²) in [5.41, 5.74) is 3.40. The number of pyridine rings is 1. The Hall–Kier alpha value is -2.45. The zero-order chi connectivity index (χ0) is 21.6. The minimum absolute atomic E-state index is 0.134. The SMILES string of the molecule is Cc1nn(C2CCCC2)c(C)c1S(=O)(=O)N[C@H]1CCN(c2cccc3ncccc23)C1. The van der Waals surface area contributed by atoms with Crippen molar-refractivity contribution < 1.29 is 8.42 Å². The molecule has 2 fully saturated rings. The number of aryl methyl sites for hydroxylation is 1. The van der Waals surface area contributed by atoms with Crippen LogP contribution in [-0.4, -0.2) is 42.3 Å². The molecular formula is C23H29N5O2S. The van der Waals surface area contributed by atoms with Gasteiger partial charge in [-0.25, -0.2) is 13.1 Å². The predicted octanol–water partition coefficient (Wildman–Crippen LogP) is 3.72. The molecule has 0 bridgehead atoms. The Labute approximate surface area is 183 Å². The molecule has 1 atom stereocenters. The summed E-state index contributed by atoms with van der Waals surface area (Å²) < 4.78 is 31.6. The van der Waals surface area contributed by atoms with Crippen molar-refractivity contribution in [2.24, 2.45) is 0 Å². The van der Waals surface area contributed by atoms with Gasteiger partial charge in [0.1, 0.15) is 4.90 Å². The van der Waals surface area contributed by atoms with Gasteiger partial charge in [-0.05, 0) is 57.4 Å². The summed E-state index contributed by atoms with van der Waals surface area (Å²) in [6.07, 6.45) is 7.09. The first-order valence-corrected chi connectivity index (χ1v) is 12.6. The van der Waals surface area contributed by atoms with E-state index in [1.54, 1.807) is 13.1 Å². The van der Waals surface area contributed by atoms with Crippen molar-refractivity contribution >= 4 is 26.6 Å². The summed E-state index contributed by atoms with van der Waals surface area (Å²) in [4.78, 5) is 7.04. The highest BCUT2D eigenvalue weighted by Gasteiger charge is 2.32. The Morgan fingerprint density at radius 3 is 2.68 bits per heavy atom. The van der Waals surface area contributed by atoms with Crippen molar-refractivity contribution in [3.63, 3.8) is 0 Å². The third-order valence-corrected chi connectivity index (χ3v) is 8.44. The van der Waals surface area contributed by atoms with Crippen LogP contribution in [0.15, 0.2) is 41.4 Å². The van der Waals surface area contributed by atoms with Crippen LogP contribution in [0.25, 0.3) is 10.9 Å². The molecule has 5 rings (SSSR count). The van der Waals surface area contributed by atoms with Crippen LogP contribution in [0.2, 0.25) is 0 Å². The zero-order valence-electron chi connectivity index (χ0n) is 18.1. The van der Waals surface area contributed by atoms with E-state index < -0.39 is 10.0 Å². The van der Waals surface area contributed by atoms with Crippen molar-refractivity contribution in [2.75, 3.05) is 18.0 Å². The van der Waals surface area contributed by atoms with Crippen LogP contribution in [0.5, 0.6) is 0 Å². The van der Waals surface area contributed by atoms with Gasteiger partial charge >= 0.3 is 0 Å².